The highest BCUT2D eigenvalue weighted by atomic mass is 28.4. The molecule has 0 spiro atoms. The molecule has 0 unspecified atom stereocenters. The predicted octanol–water partition coefficient (Wildman–Crippen LogP) is 4.88. The van der Waals surface area contributed by atoms with E-state index in [9.17, 15) is 0 Å². The monoisotopic (exact) mass is 238 g/mol. The van der Waals surface area contributed by atoms with Gasteiger partial charge in [-0.25, -0.2) is 0 Å². The van der Waals surface area contributed by atoms with E-state index in [-0.39, 0.29) is 5.04 Å². The smallest absolute Gasteiger partial charge is 0.250 e. The second-order valence-electron chi connectivity index (χ2n) is 6.35. The van der Waals surface area contributed by atoms with Crippen LogP contribution in [-0.2, 0) is 4.43 Å². The zero-order valence-corrected chi connectivity index (χ0v) is 12.7. The van der Waals surface area contributed by atoms with E-state index in [1.165, 1.54) is 17.8 Å². The predicted molar refractivity (Wildman–Crippen MR) is 73.9 cm³/mol. The van der Waals surface area contributed by atoms with Crippen LogP contribution >= 0.6 is 0 Å². The van der Waals surface area contributed by atoms with Gasteiger partial charge in [0.05, 0.1) is 5.76 Å². The molecule has 0 amide bonds. The second kappa shape index (κ2) is 4.40. The van der Waals surface area contributed by atoms with Crippen molar-refractivity contribution in [2.24, 2.45) is 5.92 Å². The Kier molecular flexibility index (Phi) is 3.73. The Bertz CT molecular complexity index is 307. The summed E-state index contributed by atoms with van der Waals surface area (Å²) in [6.07, 6.45) is 4.33. The molecule has 0 aromatic carbocycles. The summed E-state index contributed by atoms with van der Waals surface area (Å²) in [7, 11) is -1.65. The van der Waals surface area contributed by atoms with E-state index in [1.807, 2.05) is 0 Å². The summed E-state index contributed by atoms with van der Waals surface area (Å²) in [6, 6.07) is 0. The van der Waals surface area contributed by atoms with Gasteiger partial charge < -0.3 is 4.43 Å². The lowest BCUT2D eigenvalue weighted by molar-refractivity contribution is 0.370. The molecular weight excluding hydrogens is 212 g/mol. The van der Waals surface area contributed by atoms with E-state index in [1.54, 1.807) is 0 Å². The zero-order chi connectivity index (χ0) is 12.6. The summed E-state index contributed by atoms with van der Waals surface area (Å²) >= 11 is 0. The van der Waals surface area contributed by atoms with Gasteiger partial charge in [-0.15, -0.1) is 6.58 Å². The van der Waals surface area contributed by atoms with E-state index in [2.05, 4.69) is 53.4 Å². The first kappa shape index (κ1) is 13.6. The third-order valence-electron chi connectivity index (χ3n) is 4.15. The molecule has 0 aromatic rings. The van der Waals surface area contributed by atoms with Crippen molar-refractivity contribution in [3.05, 3.63) is 24.0 Å². The average Bonchev–Trinajstić information content (AvgIpc) is 2.45. The van der Waals surface area contributed by atoms with Crippen LogP contribution in [0, 0.1) is 5.92 Å². The number of allylic oxidation sites excluding steroid dienone is 3. The van der Waals surface area contributed by atoms with Gasteiger partial charge in [0.2, 0.25) is 8.32 Å². The average molecular weight is 238 g/mol. The third-order valence-corrected chi connectivity index (χ3v) is 8.52. The second-order valence-corrected chi connectivity index (χ2v) is 11.1. The maximum atomic E-state index is 6.38. The fraction of sp³-hybridized carbons (Fsp3) is 0.714. The van der Waals surface area contributed by atoms with E-state index < -0.39 is 8.32 Å². The van der Waals surface area contributed by atoms with Gasteiger partial charge in [0.1, 0.15) is 0 Å². The fourth-order valence-corrected chi connectivity index (χ4v) is 2.98. The van der Waals surface area contributed by atoms with Crippen LogP contribution < -0.4 is 0 Å². The van der Waals surface area contributed by atoms with Gasteiger partial charge in [-0.3, -0.25) is 0 Å². The van der Waals surface area contributed by atoms with Crippen molar-refractivity contribution in [3.8, 4) is 0 Å². The molecule has 0 bridgehead atoms. The van der Waals surface area contributed by atoms with Gasteiger partial charge in [-0.05, 0) is 37.0 Å². The van der Waals surface area contributed by atoms with Crippen molar-refractivity contribution in [2.45, 2.75) is 58.7 Å². The highest BCUT2D eigenvalue weighted by molar-refractivity contribution is 6.74. The number of hydrogen-bond donors (Lipinski definition) is 0. The molecule has 1 atom stereocenters. The molecule has 1 aliphatic carbocycles. The molecule has 0 aromatic heterocycles. The first-order chi connectivity index (χ1) is 7.19. The van der Waals surface area contributed by atoms with Gasteiger partial charge in [0.15, 0.2) is 0 Å². The molecule has 1 nitrogen and oxygen atoms in total. The lowest BCUT2D eigenvalue weighted by Crippen LogP contribution is -2.40. The molecule has 0 radical (unpaired) electrons. The zero-order valence-electron chi connectivity index (χ0n) is 11.7. The van der Waals surface area contributed by atoms with E-state index in [4.69, 9.17) is 4.43 Å². The maximum absolute atomic E-state index is 6.38. The third kappa shape index (κ3) is 2.60. The summed E-state index contributed by atoms with van der Waals surface area (Å²) in [5.41, 5.74) is 1.40. The largest absolute Gasteiger partial charge is 0.547 e. The first-order valence-electron chi connectivity index (χ1n) is 6.20. The quantitative estimate of drug-likeness (QED) is 0.503. The fourth-order valence-electron chi connectivity index (χ4n) is 1.79. The molecule has 0 saturated heterocycles. The topological polar surface area (TPSA) is 9.23 Å². The Labute approximate surface area is 102 Å². The van der Waals surface area contributed by atoms with Crippen LogP contribution in [0.25, 0.3) is 0 Å². The normalized spacial score (nSPS) is 22.5. The Morgan fingerprint density at radius 3 is 2.31 bits per heavy atom. The van der Waals surface area contributed by atoms with Crippen LogP contribution in [-0.4, -0.2) is 8.32 Å². The summed E-state index contributed by atoms with van der Waals surface area (Å²) in [5.74, 6) is 1.79. The van der Waals surface area contributed by atoms with Crippen LogP contribution in [0.4, 0.5) is 0 Å². The van der Waals surface area contributed by atoms with Crippen LogP contribution in [0.15, 0.2) is 24.0 Å². The molecule has 1 aliphatic rings. The van der Waals surface area contributed by atoms with Crippen molar-refractivity contribution in [3.63, 3.8) is 0 Å². The molecule has 2 heteroatoms. The molecule has 0 fully saturated rings. The standard InChI is InChI=1S/C14H26OSi/c1-8-12-9-10-13(11(12)2)15-16(6,7)14(3,4)5/h8,12H,1,9-10H2,2-7H3/t12-/m1/s1. The highest BCUT2D eigenvalue weighted by Crippen LogP contribution is 2.42. The molecule has 0 N–H and O–H groups in total. The first-order valence-corrected chi connectivity index (χ1v) is 9.11. The molecule has 0 heterocycles. The lowest BCUT2D eigenvalue weighted by atomic mass is 10.0. The van der Waals surface area contributed by atoms with Crippen molar-refractivity contribution < 1.29 is 4.43 Å². The van der Waals surface area contributed by atoms with Crippen LogP contribution in [0.1, 0.15) is 40.5 Å². The Morgan fingerprint density at radius 2 is 1.94 bits per heavy atom. The summed E-state index contributed by atoms with van der Waals surface area (Å²) < 4.78 is 6.38. The minimum absolute atomic E-state index is 0.284. The number of rotatable bonds is 3. The maximum Gasteiger partial charge on any atom is 0.250 e. The van der Waals surface area contributed by atoms with Gasteiger partial charge in [0.25, 0.3) is 0 Å². The SMILES string of the molecule is C=C[C@@H]1CCC(O[Si](C)(C)C(C)(C)C)=C1C. The van der Waals surface area contributed by atoms with Crippen molar-refractivity contribution in [2.75, 3.05) is 0 Å². The highest BCUT2D eigenvalue weighted by Gasteiger charge is 2.40. The number of hydrogen-bond acceptors (Lipinski definition) is 1. The molecular formula is C14H26OSi. The van der Waals surface area contributed by atoms with E-state index in [0.717, 1.165) is 6.42 Å². The lowest BCUT2D eigenvalue weighted by Gasteiger charge is -2.37. The van der Waals surface area contributed by atoms with Gasteiger partial charge in [0, 0.05) is 12.3 Å². The molecule has 0 saturated carbocycles. The molecule has 1 rings (SSSR count). The van der Waals surface area contributed by atoms with Gasteiger partial charge >= 0.3 is 0 Å². The Hall–Kier alpha value is -0.503. The molecule has 0 aliphatic heterocycles. The summed E-state index contributed by atoms with van der Waals surface area (Å²) in [5, 5.41) is 0.284. The van der Waals surface area contributed by atoms with Crippen molar-refractivity contribution in [1.29, 1.82) is 0 Å². The minimum atomic E-state index is -1.65. The van der Waals surface area contributed by atoms with Crippen LogP contribution in [0.3, 0.4) is 0 Å². The van der Waals surface area contributed by atoms with Crippen molar-refractivity contribution in [1.82, 2.24) is 0 Å². The van der Waals surface area contributed by atoms with Gasteiger partial charge in [-0.2, -0.15) is 0 Å². The van der Waals surface area contributed by atoms with E-state index in [0.29, 0.717) is 5.92 Å². The minimum Gasteiger partial charge on any atom is -0.547 e. The Balaban J connectivity index is 2.83. The van der Waals surface area contributed by atoms with Crippen LogP contribution in [0.5, 0.6) is 0 Å². The van der Waals surface area contributed by atoms with Gasteiger partial charge in [-0.1, -0.05) is 26.8 Å². The summed E-state index contributed by atoms with van der Waals surface area (Å²) in [4.78, 5) is 0. The van der Waals surface area contributed by atoms with E-state index >= 15 is 0 Å². The Morgan fingerprint density at radius 1 is 1.38 bits per heavy atom. The van der Waals surface area contributed by atoms with Crippen LogP contribution in [0.2, 0.25) is 18.1 Å². The molecule has 92 valence electrons. The summed E-state index contributed by atoms with van der Waals surface area (Å²) in [6.45, 7) is 17.6. The molecule has 16 heavy (non-hydrogen) atoms. The van der Waals surface area contributed by atoms with Crippen molar-refractivity contribution >= 4 is 8.32 Å².